The number of ether oxygens (including phenoxy) is 1. The van der Waals surface area contributed by atoms with Crippen molar-refractivity contribution in [3.8, 4) is 0 Å². The van der Waals surface area contributed by atoms with Crippen LogP contribution in [-0.4, -0.2) is 54.8 Å². The molecule has 28 heavy (non-hydrogen) atoms. The van der Waals surface area contributed by atoms with E-state index in [9.17, 15) is 9.59 Å². The molecule has 0 saturated carbocycles. The SMILES string of the molecule is Cc1ccc(/C=C(\C(=O)NCCCN2CCOCC2)n2ccccc2=O)cc1. The van der Waals surface area contributed by atoms with Crippen molar-refractivity contribution in [2.75, 3.05) is 39.4 Å². The van der Waals surface area contributed by atoms with Crippen LogP contribution in [0.2, 0.25) is 0 Å². The van der Waals surface area contributed by atoms with Crippen LogP contribution in [0.4, 0.5) is 0 Å². The number of nitrogens with zero attached hydrogens (tertiary/aromatic N) is 2. The standard InChI is InChI=1S/C22H27N3O3/c1-18-6-8-19(9-7-18)17-20(25-12-3-2-5-21(25)26)22(27)23-10-4-11-24-13-15-28-16-14-24/h2-3,5-9,12,17H,4,10-11,13-16H2,1H3,(H,23,27)/b20-17+. The number of amides is 1. The van der Waals surface area contributed by atoms with Crippen LogP contribution >= 0.6 is 0 Å². The summed E-state index contributed by atoms with van der Waals surface area (Å²) >= 11 is 0. The van der Waals surface area contributed by atoms with Crippen LogP contribution in [0.25, 0.3) is 11.8 Å². The third-order valence-electron chi connectivity index (χ3n) is 4.74. The normalized spacial score (nSPS) is 15.4. The minimum absolute atomic E-state index is 0.232. The minimum Gasteiger partial charge on any atom is -0.379 e. The van der Waals surface area contributed by atoms with Crippen LogP contribution in [0.1, 0.15) is 17.5 Å². The molecule has 1 aromatic heterocycles. The summed E-state index contributed by atoms with van der Waals surface area (Å²) in [4.78, 5) is 27.4. The zero-order chi connectivity index (χ0) is 19.8. The molecule has 0 bridgehead atoms. The van der Waals surface area contributed by atoms with Gasteiger partial charge in [0.2, 0.25) is 0 Å². The molecule has 1 fully saturated rings. The number of pyridine rings is 1. The average molecular weight is 381 g/mol. The van der Waals surface area contributed by atoms with Gasteiger partial charge in [0.25, 0.3) is 11.5 Å². The first-order valence-electron chi connectivity index (χ1n) is 9.68. The first-order chi connectivity index (χ1) is 13.6. The second-order valence-corrected chi connectivity index (χ2v) is 6.91. The molecule has 6 heteroatoms. The lowest BCUT2D eigenvalue weighted by atomic mass is 10.1. The Bertz CT molecular complexity index is 865. The lowest BCUT2D eigenvalue weighted by Gasteiger charge is -2.26. The van der Waals surface area contributed by atoms with E-state index in [1.54, 1.807) is 24.4 Å². The number of aryl methyl sites for hydroxylation is 1. The Labute approximate surface area is 165 Å². The van der Waals surface area contributed by atoms with Crippen LogP contribution in [0.15, 0.2) is 53.5 Å². The molecule has 1 aliphatic heterocycles. The van der Waals surface area contributed by atoms with Gasteiger partial charge in [-0.15, -0.1) is 0 Å². The number of hydrogen-bond acceptors (Lipinski definition) is 4. The fraction of sp³-hybridized carbons (Fsp3) is 0.364. The highest BCUT2D eigenvalue weighted by molar-refractivity contribution is 6.18. The maximum Gasteiger partial charge on any atom is 0.268 e. The Hall–Kier alpha value is -2.70. The monoisotopic (exact) mass is 381 g/mol. The van der Waals surface area contributed by atoms with Gasteiger partial charge in [-0.3, -0.25) is 19.1 Å². The molecule has 0 unspecified atom stereocenters. The summed E-state index contributed by atoms with van der Waals surface area (Å²) in [6.07, 6.45) is 4.22. The summed E-state index contributed by atoms with van der Waals surface area (Å²) in [7, 11) is 0. The van der Waals surface area contributed by atoms with Crippen molar-refractivity contribution in [3.05, 3.63) is 70.1 Å². The van der Waals surface area contributed by atoms with Gasteiger partial charge in [0.1, 0.15) is 5.70 Å². The van der Waals surface area contributed by atoms with E-state index >= 15 is 0 Å². The van der Waals surface area contributed by atoms with Crippen LogP contribution in [0.5, 0.6) is 0 Å². The Morgan fingerprint density at radius 2 is 1.89 bits per heavy atom. The lowest BCUT2D eigenvalue weighted by molar-refractivity contribution is -0.115. The van der Waals surface area contributed by atoms with E-state index in [1.165, 1.54) is 10.6 Å². The molecule has 0 aliphatic carbocycles. The summed E-state index contributed by atoms with van der Waals surface area (Å²) < 4.78 is 6.73. The van der Waals surface area contributed by atoms with Crippen molar-refractivity contribution in [2.24, 2.45) is 0 Å². The van der Waals surface area contributed by atoms with Crippen LogP contribution < -0.4 is 10.9 Å². The summed E-state index contributed by atoms with van der Waals surface area (Å²) in [5.41, 5.74) is 2.10. The molecule has 1 aliphatic rings. The number of hydrogen-bond donors (Lipinski definition) is 1. The fourth-order valence-corrected chi connectivity index (χ4v) is 3.11. The highest BCUT2D eigenvalue weighted by Gasteiger charge is 2.14. The predicted octanol–water partition coefficient (Wildman–Crippen LogP) is 1.99. The Morgan fingerprint density at radius 1 is 1.14 bits per heavy atom. The molecular weight excluding hydrogens is 354 g/mol. The van der Waals surface area contributed by atoms with E-state index in [0.717, 1.165) is 50.4 Å². The maximum absolute atomic E-state index is 12.8. The first-order valence-corrected chi connectivity index (χ1v) is 9.68. The molecule has 2 aromatic rings. The molecule has 2 heterocycles. The first kappa shape index (κ1) is 20.0. The van der Waals surface area contributed by atoms with Gasteiger partial charge in [0.05, 0.1) is 13.2 Å². The fourth-order valence-electron chi connectivity index (χ4n) is 3.11. The third-order valence-corrected chi connectivity index (χ3v) is 4.74. The highest BCUT2D eigenvalue weighted by atomic mass is 16.5. The number of benzene rings is 1. The Morgan fingerprint density at radius 3 is 2.61 bits per heavy atom. The van der Waals surface area contributed by atoms with Crippen molar-refractivity contribution >= 4 is 17.7 Å². The number of rotatable bonds is 7. The van der Waals surface area contributed by atoms with Gasteiger partial charge in [-0.05, 0) is 37.6 Å². The van der Waals surface area contributed by atoms with Gasteiger partial charge in [0.15, 0.2) is 0 Å². The van der Waals surface area contributed by atoms with Gasteiger partial charge in [-0.1, -0.05) is 35.9 Å². The zero-order valence-corrected chi connectivity index (χ0v) is 16.3. The molecule has 1 amide bonds. The summed E-state index contributed by atoms with van der Waals surface area (Å²) in [6.45, 7) is 6.91. The van der Waals surface area contributed by atoms with E-state index in [0.29, 0.717) is 12.2 Å². The third kappa shape index (κ3) is 5.65. The van der Waals surface area contributed by atoms with E-state index < -0.39 is 0 Å². The van der Waals surface area contributed by atoms with Gasteiger partial charge in [0, 0.05) is 31.9 Å². The van der Waals surface area contributed by atoms with Crippen LogP contribution in [0, 0.1) is 6.92 Å². The zero-order valence-electron chi connectivity index (χ0n) is 16.3. The van der Waals surface area contributed by atoms with Gasteiger partial charge >= 0.3 is 0 Å². The molecule has 0 atom stereocenters. The van der Waals surface area contributed by atoms with Crippen LogP contribution in [0.3, 0.4) is 0 Å². The minimum atomic E-state index is -0.254. The van der Waals surface area contributed by atoms with Crippen molar-refractivity contribution in [1.82, 2.24) is 14.8 Å². The summed E-state index contributed by atoms with van der Waals surface area (Å²) in [5.74, 6) is -0.254. The largest absolute Gasteiger partial charge is 0.379 e. The molecule has 0 radical (unpaired) electrons. The van der Waals surface area contributed by atoms with Gasteiger partial charge in [-0.2, -0.15) is 0 Å². The molecule has 1 N–H and O–H groups in total. The van der Waals surface area contributed by atoms with Crippen molar-refractivity contribution in [1.29, 1.82) is 0 Å². The number of aromatic nitrogens is 1. The highest BCUT2D eigenvalue weighted by Crippen LogP contribution is 2.12. The second-order valence-electron chi connectivity index (χ2n) is 6.91. The van der Waals surface area contributed by atoms with E-state index in [1.807, 2.05) is 31.2 Å². The number of carbonyl (C=O) groups is 1. The van der Waals surface area contributed by atoms with E-state index in [-0.39, 0.29) is 11.5 Å². The molecule has 148 valence electrons. The van der Waals surface area contributed by atoms with Gasteiger partial charge in [-0.25, -0.2) is 0 Å². The van der Waals surface area contributed by atoms with Crippen molar-refractivity contribution < 1.29 is 9.53 Å². The number of nitrogens with one attached hydrogen (secondary N) is 1. The number of morpholine rings is 1. The molecular formula is C22H27N3O3. The van der Waals surface area contributed by atoms with E-state index in [4.69, 9.17) is 4.74 Å². The van der Waals surface area contributed by atoms with Crippen molar-refractivity contribution in [2.45, 2.75) is 13.3 Å². The lowest BCUT2D eigenvalue weighted by Crippen LogP contribution is -2.38. The molecule has 0 spiro atoms. The Kier molecular flexibility index (Phi) is 7.17. The van der Waals surface area contributed by atoms with Crippen LogP contribution in [-0.2, 0) is 9.53 Å². The Balaban J connectivity index is 1.69. The summed E-state index contributed by atoms with van der Waals surface area (Å²) in [6, 6.07) is 12.7. The smallest absolute Gasteiger partial charge is 0.268 e. The average Bonchev–Trinajstić information content (AvgIpc) is 2.72. The molecule has 1 saturated heterocycles. The quantitative estimate of drug-likeness (QED) is 0.589. The molecule has 1 aromatic carbocycles. The predicted molar refractivity (Wildman–Crippen MR) is 111 cm³/mol. The second kappa shape index (κ2) is 10.0. The maximum atomic E-state index is 12.8. The molecule has 3 rings (SSSR count). The molecule has 6 nitrogen and oxygen atoms in total. The summed E-state index contributed by atoms with van der Waals surface area (Å²) in [5, 5.41) is 2.95. The van der Waals surface area contributed by atoms with Crippen molar-refractivity contribution in [3.63, 3.8) is 0 Å². The topological polar surface area (TPSA) is 63.6 Å². The van der Waals surface area contributed by atoms with Gasteiger partial charge < -0.3 is 10.1 Å². The number of carbonyl (C=O) groups excluding carboxylic acids is 1. The van der Waals surface area contributed by atoms with E-state index in [2.05, 4.69) is 10.2 Å².